The molecule has 30 heavy (non-hydrogen) atoms. The Balaban J connectivity index is 0.00000450. The van der Waals surface area contributed by atoms with Crippen LogP contribution >= 0.6 is 24.0 Å². The van der Waals surface area contributed by atoms with Crippen LogP contribution in [0, 0.1) is 0 Å². The Morgan fingerprint density at radius 3 is 2.50 bits per heavy atom. The third kappa shape index (κ3) is 7.98. The summed E-state index contributed by atoms with van der Waals surface area (Å²) in [5, 5.41) is 6.66. The Morgan fingerprint density at radius 1 is 1.13 bits per heavy atom. The van der Waals surface area contributed by atoms with Crippen LogP contribution in [0.2, 0.25) is 0 Å². The van der Waals surface area contributed by atoms with Gasteiger partial charge in [-0.25, -0.2) is 0 Å². The lowest BCUT2D eigenvalue weighted by Crippen LogP contribution is -2.39. The van der Waals surface area contributed by atoms with Crippen LogP contribution in [0.1, 0.15) is 34.6 Å². The standard InChI is InChI=1S/C22H33N5O2.HI/c1-6-23-22(25-16-19(26(2)3)20-11-8-14-29-20)24-13-12-17-9-7-10-18(15-17)21(28)27(4)5;/h7-11,14-15,19H,6,12-13,16H2,1-5H3,(H2,23,24,25);1H. The van der Waals surface area contributed by atoms with Gasteiger partial charge in [-0.2, -0.15) is 0 Å². The number of halogens is 1. The van der Waals surface area contributed by atoms with E-state index < -0.39 is 0 Å². The van der Waals surface area contributed by atoms with Crippen molar-refractivity contribution in [3.8, 4) is 0 Å². The number of benzene rings is 1. The number of likely N-dealkylation sites (N-methyl/N-ethyl adjacent to an activating group) is 1. The molecule has 0 fully saturated rings. The highest BCUT2D eigenvalue weighted by molar-refractivity contribution is 14.0. The van der Waals surface area contributed by atoms with Gasteiger partial charge in [0.1, 0.15) is 5.76 Å². The van der Waals surface area contributed by atoms with Crippen molar-refractivity contribution in [2.75, 3.05) is 47.8 Å². The molecule has 1 unspecified atom stereocenters. The minimum atomic E-state index is 0. The molecule has 0 spiro atoms. The molecular formula is C22H34IN5O2. The molecule has 1 amide bonds. The van der Waals surface area contributed by atoms with E-state index in [1.54, 1.807) is 25.3 Å². The third-order valence-corrected chi connectivity index (χ3v) is 4.55. The molecule has 0 radical (unpaired) electrons. The normalized spacial score (nSPS) is 12.3. The molecule has 166 valence electrons. The highest BCUT2D eigenvalue weighted by atomic mass is 127. The second kappa shape index (κ2) is 13.3. The van der Waals surface area contributed by atoms with Crippen LogP contribution < -0.4 is 10.6 Å². The third-order valence-electron chi connectivity index (χ3n) is 4.55. The first kappa shape index (κ1) is 26.0. The number of rotatable bonds is 9. The summed E-state index contributed by atoms with van der Waals surface area (Å²) < 4.78 is 5.55. The summed E-state index contributed by atoms with van der Waals surface area (Å²) in [5.41, 5.74) is 1.82. The van der Waals surface area contributed by atoms with Crippen molar-refractivity contribution in [2.45, 2.75) is 19.4 Å². The summed E-state index contributed by atoms with van der Waals surface area (Å²) in [6.07, 6.45) is 2.49. The number of nitrogens with zero attached hydrogens (tertiary/aromatic N) is 3. The Hall–Kier alpha value is -2.07. The molecule has 1 atom stereocenters. The molecule has 2 N–H and O–H groups in total. The van der Waals surface area contributed by atoms with Crippen LogP contribution in [0.5, 0.6) is 0 Å². The molecule has 0 bridgehead atoms. The highest BCUT2D eigenvalue weighted by Crippen LogP contribution is 2.18. The largest absolute Gasteiger partial charge is 0.468 e. The lowest BCUT2D eigenvalue weighted by molar-refractivity contribution is 0.0827. The zero-order valence-electron chi connectivity index (χ0n) is 18.5. The molecule has 1 aromatic heterocycles. The summed E-state index contributed by atoms with van der Waals surface area (Å²) in [7, 11) is 7.56. The smallest absolute Gasteiger partial charge is 0.253 e. The molecule has 7 nitrogen and oxygen atoms in total. The Kier molecular flexibility index (Phi) is 11.5. The van der Waals surface area contributed by atoms with Crippen LogP contribution in [0.4, 0.5) is 0 Å². The van der Waals surface area contributed by atoms with Gasteiger partial charge in [-0.3, -0.25) is 14.7 Å². The molecule has 1 heterocycles. The average molecular weight is 527 g/mol. The molecule has 0 aliphatic heterocycles. The van der Waals surface area contributed by atoms with E-state index in [1.165, 1.54) is 0 Å². The summed E-state index contributed by atoms with van der Waals surface area (Å²) in [5.74, 6) is 1.69. The van der Waals surface area contributed by atoms with Gasteiger partial charge in [0, 0.05) is 32.7 Å². The quantitative estimate of drug-likeness (QED) is 0.298. The van der Waals surface area contributed by atoms with Crippen LogP contribution in [0.25, 0.3) is 0 Å². The topological polar surface area (TPSA) is 73.1 Å². The Labute approximate surface area is 196 Å². The van der Waals surface area contributed by atoms with Crippen LogP contribution in [-0.4, -0.2) is 69.5 Å². The van der Waals surface area contributed by atoms with Gasteiger partial charge in [0.2, 0.25) is 0 Å². The fourth-order valence-corrected chi connectivity index (χ4v) is 2.95. The van der Waals surface area contributed by atoms with Crippen molar-refractivity contribution in [2.24, 2.45) is 4.99 Å². The molecule has 0 aliphatic carbocycles. The van der Waals surface area contributed by atoms with Gasteiger partial charge in [-0.1, -0.05) is 12.1 Å². The van der Waals surface area contributed by atoms with E-state index in [4.69, 9.17) is 9.41 Å². The van der Waals surface area contributed by atoms with Gasteiger partial charge in [-0.15, -0.1) is 24.0 Å². The van der Waals surface area contributed by atoms with Crippen molar-refractivity contribution in [3.05, 3.63) is 59.5 Å². The van der Waals surface area contributed by atoms with Gasteiger partial charge in [0.25, 0.3) is 5.91 Å². The maximum absolute atomic E-state index is 12.1. The summed E-state index contributed by atoms with van der Waals surface area (Å²) >= 11 is 0. The van der Waals surface area contributed by atoms with E-state index in [1.807, 2.05) is 57.4 Å². The van der Waals surface area contributed by atoms with E-state index in [0.29, 0.717) is 12.1 Å². The van der Waals surface area contributed by atoms with Gasteiger partial charge in [-0.05, 0) is 57.3 Å². The zero-order chi connectivity index (χ0) is 21.2. The number of nitrogens with one attached hydrogen (secondary N) is 2. The summed E-state index contributed by atoms with van der Waals surface area (Å²) in [6.45, 7) is 4.14. The first-order chi connectivity index (χ1) is 13.9. The van der Waals surface area contributed by atoms with E-state index in [0.717, 1.165) is 36.8 Å². The lowest BCUT2D eigenvalue weighted by Gasteiger charge is -2.21. The first-order valence-electron chi connectivity index (χ1n) is 9.95. The van der Waals surface area contributed by atoms with E-state index >= 15 is 0 Å². The predicted octanol–water partition coefficient (Wildman–Crippen LogP) is 3.00. The van der Waals surface area contributed by atoms with E-state index in [2.05, 4.69) is 15.5 Å². The molecule has 2 aromatic rings. The van der Waals surface area contributed by atoms with Gasteiger partial charge >= 0.3 is 0 Å². The Morgan fingerprint density at radius 2 is 1.90 bits per heavy atom. The van der Waals surface area contributed by atoms with Crippen LogP contribution in [-0.2, 0) is 6.42 Å². The number of furan rings is 1. The van der Waals surface area contributed by atoms with E-state index in [9.17, 15) is 4.79 Å². The highest BCUT2D eigenvalue weighted by Gasteiger charge is 2.16. The second-order valence-corrected chi connectivity index (χ2v) is 7.29. The number of guanidine groups is 1. The molecule has 0 saturated heterocycles. The van der Waals surface area contributed by atoms with Crippen molar-refractivity contribution >= 4 is 35.8 Å². The molecule has 0 saturated carbocycles. The summed E-state index contributed by atoms with van der Waals surface area (Å²) in [4.78, 5) is 20.5. The molecule has 8 heteroatoms. The van der Waals surface area contributed by atoms with Crippen LogP contribution in [0.3, 0.4) is 0 Å². The monoisotopic (exact) mass is 527 g/mol. The van der Waals surface area contributed by atoms with Crippen molar-refractivity contribution in [1.82, 2.24) is 20.4 Å². The molecular weight excluding hydrogens is 493 g/mol. The fourth-order valence-electron chi connectivity index (χ4n) is 2.95. The SMILES string of the molecule is CCNC(=NCC(c1ccco1)N(C)C)NCCc1cccc(C(=O)N(C)C)c1.I. The average Bonchev–Trinajstić information content (AvgIpc) is 3.21. The number of carbonyl (C=O) groups excluding carboxylic acids is 1. The molecule has 2 rings (SSSR count). The van der Waals surface area contributed by atoms with Crippen LogP contribution in [0.15, 0.2) is 52.1 Å². The number of carbonyl (C=O) groups is 1. The lowest BCUT2D eigenvalue weighted by atomic mass is 10.1. The van der Waals surface area contributed by atoms with Crippen molar-refractivity contribution in [1.29, 1.82) is 0 Å². The minimum Gasteiger partial charge on any atom is -0.468 e. The number of hydrogen-bond acceptors (Lipinski definition) is 4. The van der Waals surface area contributed by atoms with Crippen molar-refractivity contribution in [3.63, 3.8) is 0 Å². The van der Waals surface area contributed by atoms with Crippen molar-refractivity contribution < 1.29 is 9.21 Å². The van der Waals surface area contributed by atoms with E-state index in [-0.39, 0.29) is 35.9 Å². The van der Waals surface area contributed by atoms with Gasteiger partial charge in [0.05, 0.1) is 18.8 Å². The predicted molar refractivity (Wildman–Crippen MR) is 133 cm³/mol. The summed E-state index contributed by atoms with van der Waals surface area (Å²) in [6, 6.07) is 11.7. The number of amides is 1. The maximum atomic E-state index is 12.1. The zero-order valence-corrected chi connectivity index (χ0v) is 20.8. The first-order valence-corrected chi connectivity index (χ1v) is 9.95. The molecule has 0 aliphatic rings. The maximum Gasteiger partial charge on any atom is 0.253 e. The van der Waals surface area contributed by atoms with Gasteiger partial charge < -0.3 is 20.0 Å². The number of hydrogen-bond donors (Lipinski definition) is 2. The second-order valence-electron chi connectivity index (χ2n) is 7.29. The fraction of sp³-hybridized carbons (Fsp3) is 0.455. The number of aliphatic imine (C=N–C) groups is 1. The van der Waals surface area contributed by atoms with Gasteiger partial charge in [0.15, 0.2) is 5.96 Å². The molecule has 1 aromatic carbocycles. The Bertz CT molecular complexity index is 791. The minimum absolute atomic E-state index is 0.